The lowest BCUT2D eigenvalue weighted by Crippen LogP contribution is -2.66. The lowest BCUT2D eigenvalue weighted by atomic mass is 9.93. The van der Waals surface area contributed by atoms with E-state index in [-0.39, 0.29) is 23.8 Å². The van der Waals surface area contributed by atoms with E-state index in [1.54, 1.807) is 27.5 Å². The van der Waals surface area contributed by atoms with Gasteiger partial charge in [0.1, 0.15) is 6.17 Å². The Kier molecular flexibility index (Phi) is 4.51. The Hall–Kier alpha value is -3.23. The van der Waals surface area contributed by atoms with Crippen LogP contribution in [0.3, 0.4) is 0 Å². The van der Waals surface area contributed by atoms with Gasteiger partial charge in [-0.25, -0.2) is 0 Å². The Morgan fingerprint density at radius 2 is 1.78 bits per heavy atom. The summed E-state index contributed by atoms with van der Waals surface area (Å²) >= 11 is 1.79. The Bertz CT molecular complexity index is 1240. The predicted molar refractivity (Wildman–Crippen MR) is 121 cm³/mol. The number of carbonyl (C=O) groups excluding carboxylic acids is 1. The second-order valence-corrected chi connectivity index (χ2v) is 9.10. The van der Waals surface area contributed by atoms with E-state index in [0.29, 0.717) is 19.8 Å². The molecule has 162 valence electrons. The Balaban J connectivity index is 1.66. The van der Waals surface area contributed by atoms with Gasteiger partial charge in [-0.1, -0.05) is 42.5 Å². The number of hydrogen-bond donors (Lipinski definition) is 1. The molecule has 0 saturated carbocycles. The smallest absolute Gasteiger partial charge is 0.278 e. The van der Waals surface area contributed by atoms with Gasteiger partial charge >= 0.3 is 0 Å². The predicted octanol–water partition coefficient (Wildman–Crippen LogP) is 2.70. The fraction of sp³-hybridized carbons (Fsp3) is 0.250. The van der Waals surface area contributed by atoms with Crippen LogP contribution in [0.5, 0.6) is 5.75 Å². The van der Waals surface area contributed by atoms with E-state index in [1.165, 1.54) is 16.5 Å². The molecule has 3 aromatic rings. The molecule has 3 aliphatic heterocycles. The van der Waals surface area contributed by atoms with Crippen LogP contribution in [-0.4, -0.2) is 46.5 Å². The van der Waals surface area contributed by atoms with E-state index < -0.39 is 11.2 Å². The van der Waals surface area contributed by atoms with Gasteiger partial charge in [0.15, 0.2) is 11.4 Å². The average Bonchev–Trinajstić information content (AvgIpc) is 2.99. The number of fused-ring (bicyclic) bond motifs is 4. The third-order valence-electron chi connectivity index (χ3n) is 6.39. The molecule has 0 spiro atoms. The number of ether oxygens (including phenoxy) is 1. The van der Waals surface area contributed by atoms with Crippen LogP contribution in [0.2, 0.25) is 0 Å². The van der Waals surface area contributed by atoms with E-state index in [9.17, 15) is 14.7 Å². The summed E-state index contributed by atoms with van der Waals surface area (Å²) in [4.78, 5) is 28.5. The molecule has 7 nitrogen and oxygen atoms in total. The molecule has 8 heteroatoms. The molecule has 0 aliphatic carbocycles. The normalized spacial score (nSPS) is 21.8. The number of pyridine rings is 1. The lowest BCUT2D eigenvalue weighted by molar-refractivity contribution is -0.0197. The molecule has 1 fully saturated rings. The zero-order chi connectivity index (χ0) is 21.8. The van der Waals surface area contributed by atoms with Crippen molar-refractivity contribution in [2.75, 3.05) is 24.8 Å². The first-order valence-corrected chi connectivity index (χ1v) is 11.5. The fourth-order valence-electron chi connectivity index (χ4n) is 4.91. The van der Waals surface area contributed by atoms with Gasteiger partial charge < -0.3 is 14.7 Å². The van der Waals surface area contributed by atoms with Gasteiger partial charge in [0.05, 0.1) is 19.3 Å². The number of hydrogen-bond acceptors (Lipinski definition) is 6. The molecule has 1 unspecified atom stereocenters. The summed E-state index contributed by atoms with van der Waals surface area (Å²) in [5.74, 6) is -0.0322. The summed E-state index contributed by atoms with van der Waals surface area (Å²) in [6.45, 7) is 1.15. The maximum Gasteiger partial charge on any atom is 0.278 e. The van der Waals surface area contributed by atoms with Crippen molar-refractivity contribution in [3.63, 3.8) is 0 Å². The number of benzene rings is 2. The zero-order valence-corrected chi connectivity index (χ0v) is 18.0. The zero-order valence-electron chi connectivity index (χ0n) is 17.2. The first-order chi connectivity index (χ1) is 15.6. The average molecular weight is 448 g/mol. The van der Waals surface area contributed by atoms with Gasteiger partial charge in [-0.05, 0) is 22.8 Å². The second kappa shape index (κ2) is 7.43. The van der Waals surface area contributed by atoms with Gasteiger partial charge in [-0.3, -0.25) is 19.3 Å². The maximum absolute atomic E-state index is 13.3. The van der Waals surface area contributed by atoms with Crippen molar-refractivity contribution in [2.45, 2.75) is 22.9 Å². The first kappa shape index (κ1) is 19.5. The lowest BCUT2D eigenvalue weighted by Gasteiger charge is -2.51. The van der Waals surface area contributed by atoms with Crippen LogP contribution >= 0.6 is 11.8 Å². The van der Waals surface area contributed by atoms with E-state index in [2.05, 4.69) is 29.3 Å². The highest BCUT2D eigenvalue weighted by Gasteiger charge is 2.45. The number of amides is 1. The quantitative estimate of drug-likeness (QED) is 0.618. The Labute approximate surface area is 188 Å². The largest absolute Gasteiger partial charge is 0.502 e. The van der Waals surface area contributed by atoms with E-state index in [4.69, 9.17) is 4.74 Å². The fourth-order valence-corrected chi connectivity index (χ4v) is 6.00. The summed E-state index contributed by atoms with van der Waals surface area (Å²) in [6, 6.07) is 17.7. The molecule has 2 atom stereocenters. The first-order valence-electron chi connectivity index (χ1n) is 10.6. The number of thioether (sulfide) groups is 1. The molecule has 4 heterocycles. The molecule has 1 saturated heterocycles. The number of carbonyl (C=O) groups is 1. The second-order valence-electron chi connectivity index (χ2n) is 8.08. The molecular weight excluding hydrogens is 426 g/mol. The van der Waals surface area contributed by atoms with Crippen LogP contribution in [0.15, 0.2) is 70.5 Å². The molecule has 0 radical (unpaired) electrons. The van der Waals surface area contributed by atoms with Crippen molar-refractivity contribution < 1.29 is 14.6 Å². The van der Waals surface area contributed by atoms with Crippen LogP contribution in [0.25, 0.3) is 0 Å². The van der Waals surface area contributed by atoms with Crippen LogP contribution in [0, 0.1) is 0 Å². The molecule has 0 bridgehead atoms. The van der Waals surface area contributed by atoms with Crippen molar-refractivity contribution in [2.24, 2.45) is 0 Å². The van der Waals surface area contributed by atoms with E-state index in [1.807, 2.05) is 24.3 Å². The Morgan fingerprint density at radius 3 is 2.66 bits per heavy atom. The van der Waals surface area contributed by atoms with Crippen molar-refractivity contribution in [1.29, 1.82) is 0 Å². The van der Waals surface area contributed by atoms with Gasteiger partial charge in [-0.15, -0.1) is 11.8 Å². The highest BCUT2D eigenvalue weighted by Crippen LogP contribution is 2.44. The molecule has 1 aromatic heterocycles. The van der Waals surface area contributed by atoms with Gasteiger partial charge in [0.25, 0.3) is 5.91 Å². The molecule has 32 heavy (non-hydrogen) atoms. The summed E-state index contributed by atoms with van der Waals surface area (Å²) in [7, 11) is 0. The Morgan fingerprint density at radius 1 is 1.00 bits per heavy atom. The van der Waals surface area contributed by atoms with Crippen molar-refractivity contribution in [1.82, 2.24) is 9.58 Å². The summed E-state index contributed by atoms with van der Waals surface area (Å²) < 4.78 is 7.46. The number of aromatic hydroxyl groups is 1. The highest BCUT2D eigenvalue weighted by molar-refractivity contribution is 7.98. The molecule has 1 amide bonds. The maximum atomic E-state index is 13.3. The summed E-state index contributed by atoms with van der Waals surface area (Å²) in [6.07, 6.45) is 1.21. The third kappa shape index (κ3) is 2.79. The summed E-state index contributed by atoms with van der Waals surface area (Å²) in [5, 5.41) is 12.7. The number of nitrogens with zero attached hydrogens (tertiary/aromatic N) is 3. The minimum atomic E-state index is -0.562. The monoisotopic (exact) mass is 447 g/mol. The van der Waals surface area contributed by atoms with Crippen LogP contribution in [0.4, 0.5) is 0 Å². The van der Waals surface area contributed by atoms with Gasteiger partial charge in [-0.2, -0.15) is 0 Å². The minimum absolute atomic E-state index is 0.00233. The van der Waals surface area contributed by atoms with Crippen LogP contribution < -0.4 is 10.4 Å². The number of rotatable bonds is 1. The van der Waals surface area contributed by atoms with Gasteiger partial charge in [0.2, 0.25) is 5.43 Å². The third-order valence-corrected chi connectivity index (χ3v) is 7.52. The van der Waals surface area contributed by atoms with Gasteiger partial charge in [0, 0.05) is 29.5 Å². The molecule has 3 aliphatic rings. The standard InChI is InChI=1S/C24H21N3O4S/c28-18-9-10-26-22(23(18)29)24(30)25-11-12-31-13-20(25)27(26)21-16-6-2-1-5-15(16)14-32-19-8-4-3-7-17(19)21/h1-10,20-21,29H,11-14H2/t20-,21?/m0/s1. The van der Waals surface area contributed by atoms with Crippen molar-refractivity contribution in [3.8, 4) is 5.75 Å². The topological polar surface area (TPSA) is 75.0 Å². The van der Waals surface area contributed by atoms with E-state index >= 15 is 0 Å². The minimum Gasteiger partial charge on any atom is -0.502 e. The number of morpholine rings is 1. The van der Waals surface area contributed by atoms with E-state index in [0.717, 1.165) is 16.9 Å². The number of aromatic nitrogens is 1. The van der Waals surface area contributed by atoms with Crippen molar-refractivity contribution in [3.05, 3.63) is 93.4 Å². The molecule has 6 rings (SSSR count). The SMILES string of the molecule is O=C1c2c(O)c(=O)ccn2N(C2c3ccccc3CSc3ccccc32)[C@H]2COCCN12. The molecule has 1 N–H and O–H groups in total. The van der Waals surface area contributed by atoms with Crippen LogP contribution in [-0.2, 0) is 10.5 Å². The molecule has 2 aromatic carbocycles. The van der Waals surface area contributed by atoms with Crippen molar-refractivity contribution >= 4 is 17.7 Å². The highest BCUT2D eigenvalue weighted by atomic mass is 32.2. The van der Waals surface area contributed by atoms with Crippen LogP contribution in [0.1, 0.15) is 33.2 Å². The molecular formula is C24H21N3O4S. The summed E-state index contributed by atoms with van der Waals surface area (Å²) in [5.41, 5.74) is 2.90.